The first kappa shape index (κ1) is 24.2. The third-order valence-electron chi connectivity index (χ3n) is 4.98. The molecule has 0 saturated carbocycles. The molecule has 0 fully saturated rings. The number of fused-ring (bicyclic) bond motifs is 1. The Balaban J connectivity index is 2.18. The van der Waals surface area contributed by atoms with Crippen LogP contribution in [0.2, 0.25) is 0 Å². The molecule has 0 spiro atoms. The highest BCUT2D eigenvalue weighted by molar-refractivity contribution is 8.14. The van der Waals surface area contributed by atoms with Gasteiger partial charge >= 0.3 is 13.1 Å². The molecule has 0 saturated heterocycles. The van der Waals surface area contributed by atoms with Gasteiger partial charge in [0.05, 0.1) is 24.0 Å². The van der Waals surface area contributed by atoms with Crippen molar-refractivity contribution in [2.24, 2.45) is 0 Å². The minimum absolute atomic E-state index is 0.0108. The van der Waals surface area contributed by atoms with Gasteiger partial charge in [-0.25, -0.2) is 0 Å². The molecule has 10 heteroatoms. The van der Waals surface area contributed by atoms with Crippen LogP contribution in [0.5, 0.6) is 5.75 Å². The van der Waals surface area contributed by atoms with E-state index in [0.717, 1.165) is 22.9 Å². The van der Waals surface area contributed by atoms with Gasteiger partial charge in [-0.3, -0.25) is 15.0 Å². The summed E-state index contributed by atoms with van der Waals surface area (Å²) in [5.74, 6) is -0.179. The van der Waals surface area contributed by atoms with E-state index in [9.17, 15) is 14.6 Å². The van der Waals surface area contributed by atoms with Crippen LogP contribution in [0.4, 0.5) is 0 Å². The maximum Gasteiger partial charge on any atom is 0.492 e. The van der Waals surface area contributed by atoms with Crippen molar-refractivity contribution < 1.29 is 28.7 Å². The number of nitrogens with one attached hydrogen (secondary N) is 2. The molecular formula is C20H29BN2O6S. The van der Waals surface area contributed by atoms with Crippen molar-refractivity contribution in [2.75, 3.05) is 6.61 Å². The van der Waals surface area contributed by atoms with Crippen molar-refractivity contribution in [3.05, 3.63) is 23.3 Å². The van der Waals surface area contributed by atoms with E-state index in [1.165, 1.54) is 6.92 Å². The van der Waals surface area contributed by atoms with Gasteiger partial charge in [0.1, 0.15) is 5.75 Å². The molecule has 1 atom stereocenters. The molecule has 0 radical (unpaired) electrons. The van der Waals surface area contributed by atoms with Gasteiger partial charge in [-0.2, -0.15) is 0 Å². The molecule has 1 amide bonds. The maximum absolute atomic E-state index is 11.8. The van der Waals surface area contributed by atoms with E-state index in [4.69, 9.17) is 19.5 Å². The number of carbonyl (C=O) groups is 2. The van der Waals surface area contributed by atoms with Gasteiger partial charge < -0.3 is 24.5 Å². The second kappa shape index (κ2) is 10.3. The summed E-state index contributed by atoms with van der Waals surface area (Å²) in [6.45, 7) is 9.18. The van der Waals surface area contributed by atoms with E-state index in [1.54, 1.807) is 19.1 Å². The SMILES string of the molecule is CCOC(=O)CC1OB(O)c2cc(OC(=N)SC(CC)(CC)NC(C)=O)cc(C)c21. The molecule has 8 nitrogen and oxygen atoms in total. The zero-order valence-corrected chi connectivity index (χ0v) is 18.9. The Kier molecular flexibility index (Phi) is 8.34. The lowest BCUT2D eigenvalue weighted by Gasteiger charge is -2.31. The summed E-state index contributed by atoms with van der Waals surface area (Å²) in [5, 5.41) is 21.4. The van der Waals surface area contributed by atoms with Gasteiger partial charge in [0.15, 0.2) is 0 Å². The molecule has 164 valence electrons. The Bertz CT molecular complexity index is 815. The van der Waals surface area contributed by atoms with Crippen LogP contribution in [-0.4, -0.2) is 40.7 Å². The number of aryl methyl sites for hydroxylation is 1. The molecule has 0 bridgehead atoms. The third-order valence-corrected chi connectivity index (χ3v) is 6.31. The summed E-state index contributed by atoms with van der Waals surface area (Å²) in [6.07, 6.45) is 0.677. The van der Waals surface area contributed by atoms with Crippen molar-refractivity contribution in [2.45, 2.75) is 64.9 Å². The van der Waals surface area contributed by atoms with Gasteiger partial charge in [0.25, 0.3) is 5.23 Å². The fourth-order valence-corrected chi connectivity index (χ4v) is 4.51. The zero-order chi connectivity index (χ0) is 22.5. The Hall–Kier alpha value is -2.04. The quantitative estimate of drug-likeness (QED) is 0.188. The number of esters is 1. The lowest BCUT2D eigenvalue weighted by atomic mass is 9.77. The topological polar surface area (TPSA) is 118 Å². The second-order valence-electron chi connectivity index (χ2n) is 7.10. The van der Waals surface area contributed by atoms with Crippen molar-refractivity contribution >= 4 is 41.4 Å². The van der Waals surface area contributed by atoms with E-state index in [1.807, 2.05) is 20.8 Å². The minimum Gasteiger partial charge on any atom is -0.466 e. The van der Waals surface area contributed by atoms with Gasteiger partial charge in [0, 0.05) is 6.92 Å². The highest BCUT2D eigenvalue weighted by Gasteiger charge is 2.38. The number of carbonyl (C=O) groups excluding carboxylic acids is 2. The van der Waals surface area contributed by atoms with Crippen LogP contribution >= 0.6 is 11.8 Å². The van der Waals surface area contributed by atoms with E-state index >= 15 is 0 Å². The van der Waals surface area contributed by atoms with Crippen LogP contribution < -0.4 is 15.5 Å². The molecule has 1 aliphatic rings. The van der Waals surface area contributed by atoms with Gasteiger partial charge in [-0.05, 0) is 67.2 Å². The number of ether oxygens (including phenoxy) is 2. The van der Waals surface area contributed by atoms with Crippen LogP contribution in [0.25, 0.3) is 0 Å². The monoisotopic (exact) mass is 436 g/mol. The first-order valence-corrected chi connectivity index (χ1v) is 10.8. The smallest absolute Gasteiger partial charge is 0.466 e. The number of hydrogen-bond donors (Lipinski definition) is 3. The zero-order valence-electron chi connectivity index (χ0n) is 18.0. The molecule has 30 heavy (non-hydrogen) atoms. The van der Waals surface area contributed by atoms with Gasteiger partial charge in [-0.1, -0.05) is 13.8 Å². The average molecular weight is 436 g/mol. The third kappa shape index (κ3) is 5.77. The van der Waals surface area contributed by atoms with E-state index in [-0.39, 0.29) is 24.2 Å². The van der Waals surface area contributed by atoms with Crippen molar-refractivity contribution in [3.63, 3.8) is 0 Å². The molecule has 3 N–H and O–H groups in total. The summed E-state index contributed by atoms with van der Waals surface area (Å²) >= 11 is 1.14. The second-order valence-corrected chi connectivity index (χ2v) is 8.46. The van der Waals surface area contributed by atoms with Crippen LogP contribution in [0.3, 0.4) is 0 Å². The predicted molar refractivity (Wildman–Crippen MR) is 117 cm³/mol. The van der Waals surface area contributed by atoms with Crippen LogP contribution in [0, 0.1) is 12.3 Å². The fraction of sp³-hybridized carbons (Fsp3) is 0.550. The average Bonchev–Trinajstić information content (AvgIpc) is 2.96. The van der Waals surface area contributed by atoms with Crippen LogP contribution in [0.1, 0.15) is 64.2 Å². The predicted octanol–water partition coefficient (Wildman–Crippen LogP) is 2.41. The van der Waals surface area contributed by atoms with Crippen molar-refractivity contribution in [1.82, 2.24) is 5.32 Å². The number of amides is 1. The van der Waals surface area contributed by atoms with Crippen LogP contribution in [-0.2, 0) is 19.0 Å². The highest BCUT2D eigenvalue weighted by Crippen LogP contribution is 2.34. The Morgan fingerprint density at radius 3 is 2.57 bits per heavy atom. The van der Waals surface area contributed by atoms with Crippen molar-refractivity contribution in [1.29, 1.82) is 5.41 Å². The van der Waals surface area contributed by atoms with E-state index in [0.29, 0.717) is 24.1 Å². The molecule has 1 aromatic rings. The molecule has 2 rings (SSSR count). The number of hydrogen-bond acceptors (Lipinski definition) is 8. The number of benzene rings is 1. The number of rotatable bonds is 8. The lowest BCUT2D eigenvalue weighted by Crippen LogP contribution is -2.45. The van der Waals surface area contributed by atoms with Crippen molar-refractivity contribution in [3.8, 4) is 5.75 Å². The molecular weight excluding hydrogens is 407 g/mol. The first-order valence-electron chi connectivity index (χ1n) is 10.0. The first-order chi connectivity index (χ1) is 14.1. The van der Waals surface area contributed by atoms with E-state index in [2.05, 4.69) is 5.32 Å². The largest absolute Gasteiger partial charge is 0.492 e. The summed E-state index contributed by atoms with van der Waals surface area (Å²) in [4.78, 5) is 22.8. The standard InChI is InChI=1S/C20H29BN2O6S/c1-6-20(7-2,23-13(5)24)30-19(22)28-14-9-12(4)18-15(10-14)21(26)29-16(18)11-17(25)27-8-3/h9-10,16,22,26H,6-8,11H2,1-5H3,(H,23,24). The molecule has 1 unspecified atom stereocenters. The number of thioether (sulfide) groups is 1. The molecule has 1 heterocycles. The van der Waals surface area contributed by atoms with E-state index < -0.39 is 24.1 Å². The molecule has 0 aromatic heterocycles. The lowest BCUT2D eigenvalue weighted by molar-refractivity contribution is -0.145. The molecule has 0 aliphatic carbocycles. The Morgan fingerprint density at radius 2 is 2.00 bits per heavy atom. The highest BCUT2D eigenvalue weighted by atomic mass is 32.2. The fourth-order valence-electron chi connectivity index (χ4n) is 3.54. The summed E-state index contributed by atoms with van der Waals surface area (Å²) < 4.78 is 16.2. The Labute approximate surface area is 181 Å². The molecule has 1 aliphatic heterocycles. The summed E-state index contributed by atoms with van der Waals surface area (Å²) in [5.41, 5.74) is 2.03. The summed E-state index contributed by atoms with van der Waals surface area (Å²) in [7, 11) is -1.19. The maximum atomic E-state index is 11.8. The van der Waals surface area contributed by atoms with Gasteiger partial charge in [-0.15, -0.1) is 0 Å². The van der Waals surface area contributed by atoms with Gasteiger partial charge in [0.2, 0.25) is 5.91 Å². The van der Waals surface area contributed by atoms with Crippen LogP contribution in [0.15, 0.2) is 12.1 Å². The Morgan fingerprint density at radius 1 is 1.33 bits per heavy atom. The minimum atomic E-state index is -1.19. The normalized spacial score (nSPS) is 15.5. The molecule has 1 aromatic carbocycles. The summed E-state index contributed by atoms with van der Waals surface area (Å²) in [6, 6.07) is 3.36.